The first-order valence-corrected chi connectivity index (χ1v) is 7.46. The van der Waals surface area contributed by atoms with E-state index in [9.17, 15) is 0 Å². The maximum atomic E-state index is 6.25. The molecule has 2 heterocycles. The van der Waals surface area contributed by atoms with Crippen molar-refractivity contribution in [1.82, 2.24) is 4.98 Å². The highest BCUT2D eigenvalue weighted by atomic mass is 35.5. The van der Waals surface area contributed by atoms with Crippen molar-refractivity contribution in [3.8, 4) is 5.75 Å². The van der Waals surface area contributed by atoms with Crippen molar-refractivity contribution in [3.63, 3.8) is 0 Å². The van der Waals surface area contributed by atoms with Crippen LogP contribution in [0, 0.1) is 0 Å². The fourth-order valence-electron chi connectivity index (χ4n) is 3.15. The number of hydrogen-bond acceptors (Lipinski definition) is 3. The van der Waals surface area contributed by atoms with Gasteiger partial charge in [-0.1, -0.05) is 18.0 Å². The van der Waals surface area contributed by atoms with Gasteiger partial charge in [-0.3, -0.25) is 9.98 Å². The number of fused-ring (bicyclic) bond motifs is 3. The van der Waals surface area contributed by atoms with Crippen LogP contribution >= 0.6 is 11.6 Å². The van der Waals surface area contributed by atoms with Crippen molar-refractivity contribution in [2.75, 3.05) is 0 Å². The largest absolute Gasteiger partial charge is 0.478 e. The molecule has 1 aliphatic carbocycles. The zero-order valence-electron chi connectivity index (χ0n) is 11.1. The SMILES string of the molecule is Clc1ccc2c3c(cnc2c1)OC1(C=N3)CCCCC1. The second-order valence-corrected chi connectivity index (χ2v) is 6.05. The number of nitrogens with zero attached hydrogens (tertiary/aromatic N) is 2. The van der Waals surface area contributed by atoms with Crippen molar-refractivity contribution < 1.29 is 4.74 Å². The summed E-state index contributed by atoms with van der Waals surface area (Å²) in [6.45, 7) is 0. The lowest BCUT2D eigenvalue weighted by Crippen LogP contribution is -2.41. The molecule has 1 spiro atoms. The van der Waals surface area contributed by atoms with E-state index in [-0.39, 0.29) is 5.60 Å². The Morgan fingerprint density at radius 1 is 1.15 bits per heavy atom. The molecule has 2 aliphatic rings. The molecule has 3 nitrogen and oxygen atoms in total. The highest BCUT2D eigenvalue weighted by molar-refractivity contribution is 6.31. The van der Waals surface area contributed by atoms with Crippen LogP contribution in [-0.2, 0) is 0 Å². The minimum Gasteiger partial charge on any atom is -0.478 e. The van der Waals surface area contributed by atoms with Gasteiger partial charge in [0.15, 0.2) is 5.75 Å². The predicted octanol–water partition coefficient (Wildman–Crippen LogP) is 4.69. The summed E-state index contributed by atoms with van der Waals surface area (Å²) in [7, 11) is 0. The van der Waals surface area contributed by atoms with E-state index in [1.165, 1.54) is 19.3 Å². The molecule has 1 aromatic carbocycles. The minimum atomic E-state index is -0.201. The summed E-state index contributed by atoms with van der Waals surface area (Å²) in [5, 5.41) is 1.68. The van der Waals surface area contributed by atoms with Crippen LogP contribution < -0.4 is 4.74 Å². The number of aliphatic imine (C=N–C) groups is 1. The molecular weight excluding hydrogens is 272 g/mol. The van der Waals surface area contributed by atoms with Gasteiger partial charge >= 0.3 is 0 Å². The lowest BCUT2D eigenvalue weighted by atomic mass is 9.85. The van der Waals surface area contributed by atoms with Gasteiger partial charge in [-0.15, -0.1) is 0 Å². The molecule has 0 unspecified atom stereocenters. The van der Waals surface area contributed by atoms with Gasteiger partial charge in [-0.25, -0.2) is 0 Å². The molecule has 0 N–H and O–H groups in total. The summed E-state index contributed by atoms with van der Waals surface area (Å²) >= 11 is 6.01. The smallest absolute Gasteiger partial charge is 0.165 e. The highest BCUT2D eigenvalue weighted by Crippen LogP contribution is 2.43. The average Bonchev–Trinajstić information content (AvgIpc) is 2.47. The Morgan fingerprint density at radius 2 is 2.00 bits per heavy atom. The standard InChI is InChI=1S/C16H15ClN2O/c17-11-4-5-12-13(8-11)18-9-14-15(12)19-10-16(20-14)6-2-1-3-7-16/h4-5,8-10H,1-3,6-7H2. The lowest BCUT2D eigenvalue weighted by Gasteiger charge is -2.36. The number of pyridine rings is 1. The highest BCUT2D eigenvalue weighted by Gasteiger charge is 2.36. The van der Waals surface area contributed by atoms with Crippen LogP contribution in [0.2, 0.25) is 5.02 Å². The van der Waals surface area contributed by atoms with E-state index in [1.807, 2.05) is 24.4 Å². The third-order valence-electron chi connectivity index (χ3n) is 4.21. The van der Waals surface area contributed by atoms with Crippen molar-refractivity contribution in [2.24, 2.45) is 4.99 Å². The van der Waals surface area contributed by atoms with E-state index in [4.69, 9.17) is 21.3 Å². The van der Waals surface area contributed by atoms with Gasteiger partial charge in [0.1, 0.15) is 11.3 Å². The molecule has 1 fully saturated rings. The van der Waals surface area contributed by atoms with Gasteiger partial charge in [0.05, 0.1) is 11.7 Å². The monoisotopic (exact) mass is 286 g/mol. The van der Waals surface area contributed by atoms with Crippen LogP contribution in [0.5, 0.6) is 5.75 Å². The maximum Gasteiger partial charge on any atom is 0.165 e. The molecule has 4 rings (SSSR count). The fraction of sp³-hybridized carbons (Fsp3) is 0.375. The molecular formula is C16H15ClN2O. The summed E-state index contributed by atoms with van der Waals surface area (Å²) in [5.74, 6) is 0.796. The molecule has 0 atom stereocenters. The summed E-state index contributed by atoms with van der Waals surface area (Å²) in [5.41, 5.74) is 1.53. The second kappa shape index (κ2) is 4.45. The van der Waals surface area contributed by atoms with Crippen molar-refractivity contribution in [1.29, 1.82) is 0 Å². The molecule has 0 bridgehead atoms. The molecule has 0 saturated heterocycles. The Labute approximate surface area is 122 Å². The molecule has 1 aromatic heterocycles. The topological polar surface area (TPSA) is 34.5 Å². The third kappa shape index (κ3) is 1.88. The summed E-state index contributed by atoms with van der Waals surface area (Å²) < 4.78 is 6.25. The van der Waals surface area contributed by atoms with Crippen molar-refractivity contribution >= 4 is 34.4 Å². The van der Waals surface area contributed by atoms with Crippen molar-refractivity contribution in [2.45, 2.75) is 37.7 Å². The number of aromatic nitrogens is 1. The minimum absolute atomic E-state index is 0.201. The molecule has 2 aromatic rings. The van der Waals surface area contributed by atoms with E-state index < -0.39 is 0 Å². The molecule has 0 radical (unpaired) electrons. The van der Waals surface area contributed by atoms with Crippen LogP contribution in [0.1, 0.15) is 32.1 Å². The Kier molecular flexibility index (Phi) is 2.71. The quantitative estimate of drug-likeness (QED) is 0.704. The Bertz CT molecular complexity index is 705. The average molecular weight is 287 g/mol. The number of benzene rings is 1. The zero-order chi connectivity index (χ0) is 13.6. The van der Waals surface area contributed by atoms with Crippen LogP contribution in [0.3, 0.4) is 0 Å². The molecule has 0 amide bonds. The number of halogens is 1. The van der Waals surface area contributed by atoms with Crippen LogP contribution in [0.25, 0.3) is 10.9 Å². The Morgan fingerprint density at radius 3 is 2.85 bits per heavy atom. The summed E-state index contributed by atoms with van der Waals surface area (Å²) in [6, 6.07) is 5.69. The number of hydrogen-bond donors (Lipinski definition) is 0. The van der Waals surface area contributed by atoms with Crippen LogP contribution in [0.4, 0.5) is 5.69 Å². The Hall–Kier alpha value is -1.61. The number of ether oxygens (including phenoxy) is 1. The maximum absolute atomic E-state index is 6.25. The van der Waals surface area contributed by atoms with Crippen LogP contribution in [-0.4, -0.2) is 16.8 Å². The first-order chi connectivity index (χ1) is 9.76. The first kappa shape index (κ1) is 12.2. The molecule has 1 saturated carbocycles. The van der Waals surface area contributed by atoms with Gasteiger partial charge in [0.2, 0.25) is 0 Å². The number of rotatable bonds is 0. The third-order valence-corrected chi connectivity index (χ3v) is 4.45. The van der Waals surface area contributed by atoms with Gasteiger partial charge in [-0.05, 0) is 43.9 Å². The Balaban J connectivity index is 1.82. The fourth-order valence-corrected chi connectivity index (χ4v) is 3.32. The molecule has 102 valence electrons. The molecule has 20 heavy (non-hydrogen) atoms. The molecule has 4 heteroatoms. The predicted molar refractivity (Wildman–Crippen MR) is 81.3 cm³/mol. The lowest BCUT2D eigenvalue weighted by molar-refractivity contribution is 0.0990. The normalized spacial score (nSPS) is 19.9. The van der Waals surface area contributed by atoms with Gasteiger partial charge in [-0.2, -0.15) is 0 Å². The van der Waals surface area contributed by atoms with E-state index in [0.29, 0.717) is 5.02 Å². The summed E-state index contributed by atoms with van der Waals surface area (Å²) in [4.78, 5) is 9.14. The summed E-state index contributed by atoms with van der Waals surface area (Å²) in [6.07, 6.45) is 9.59. The molecule has 1 aliphatic heterocycles. The van der Waals surface area contributed by atoms with E-state index >= 15 is 0 Å². The first-order valence-electron chi connectivity index (χ1n) is 7.08. The van der Waals surface area contributed by atoms with E-state index in [1.54, 1.807) is 6.20 Å². The van der Waals surface area contributed by atoms with E-state index in [2.05, 4.69) is 4.98 Å². The van der Waals surface area contributed by atoms with Crippen molar-refractivity contribution in [3.05, 3.63) is 29.4 Å². The van der Waals surface area contributed by atoms with E-state index in [0.717, 1.165) is 35.2 Å². The zero-order valence-corrected chi connectivity index (χ0v) is 11.9. The van der Waals surface area contributed by atoms with Gasteiger partial charge in [0, 0.05) is 16.6 Å². The van der Waals surface area contributed by atoms with Gasteiger partial charge < -0.3 is 4.74 Å². The van der Waals surface area contributed by atoms with Crippen LogP contribution in [0.15, 0.2) is 29.4 Å². The van der Waals surface area contributed by atoms with Gasteiger partial charge in [0.25, 0.3) is 0 Å². The second-order valence-electron chi connectivity index (χ2n) is 5.62.